The van der Waals surface area contributed by atoms with Crippen molar-refractivity contribution in [3.05, 3.63) is 40.0 Å². The quantitative estimate of drug-likeness (QED) is 0.474. The lowest BCUT2D eigenvalue weighted by molar-refractivity contribution is -0.384. The first-order chi connectivity index (χ1) is 10.0. The molecule has 21 heavy (non-hydrogen) atoms. The minimum atomic E-state index is -1.07. The van der Waals surface area contributed by atoms with Gasteiger partial charge >= 0.3 is 5.97 Å². The standard InChI is InChI=1S/C15H18N2O4/c1-2-9-16(12-4-5-12)14-7-6-13(17(20)21)10-11(14)3-8-15(18)19/h3,6-8,10,12H,2,4-5,9H2,1H3,(H,18,19)/b8-3+. The molecule has 1 aromatic carbocycles. The van der Waals surface area contributed by atoms with Gasteiger partial charge in [0.2, 0.25) is 0 Å². The van der Waals surface area contributed by atoms with Crippen LogP contribution < -0.4 is 4.90 Å². The Morgan fingerprint density at radius 3 is 2.76 bits per heavy atom. The molecule has 0 bridgehead atoms. The molecule has 1 fully saturated rings. The normalized spacial score (nSPS) is 14.3. The van der Waals surface area contributed by atoms with Gasteiger partial charge in [-0.2, -0.15) is 0 Å². The number of rotatable bonds is 7. The van der Waals surface area contributed by atoms with E-state index >= 15 is 0 Å². The van der Waals surface area contributed by atoms with E-state index in [1.54, 1.807) is 6.07 Å². The molecule has 1 aromatic rings. The monoisotopic (exact) mass is 290 g/mol. The maximum atomic E-state index is 10.9. The molecule has 2 rings (SSSR count). The fraction of sp³-hybridized carbons (Fsp3) is 0.400. The number of benzene rings is 1. The van der Waals surface area contributed by atoms with E-state index in [0.29, 0.717) is 11.6 Å². The molecular formula is C15H18N2O4. The van der Waals surface area contributed by atoms with Crippen molar-refractivity contribution in [2.75, 3.05) is 11.4 Å². The van der Waals surface area contributed by atoms with Gasteiger partial charge in [0.15, 0.2) is 0 Å². The summed E-state index contributed by atoms with van der Waals surface area (Å²) in [5, 5.41) is 19.7. The minimum absolute atomic E-state index is 0.0314. The molecule has 0 spiro atoms. The number of nitro benzene ring substituents is 1. The van der Waals surface area contributed by atoms with Gasteiger partial charge < -0.3 is 10.0 Å². The third kappa shape index (κ3) is 3.81. The molecule has 0 amide bonds. The molecule has 1 N–H and O–H groups in total. The summed E-state index contributed by atoms with van der Waals surface area (Å²) >= 11 is 0. The van der Waals surface area contributed by atoms with Crippen LogP contribution in [-0.2, 0) is 4.79 Å². The van der Waals surface area contributed by atoms with E-state index in [1.807, 2.05) is 0 Å². The number of anilines is 1. The summed E-state index contributed by atoms with van der Waals surface area (Å²) in [6, 6.07) is 5.08. The second-order valence-corrected chi connectivity index (χ2v) is 5.10. The van der Waals surface area contributed by atoms with E-state index in [0.717, 1.165) is 37.6 Å². The van der Waals surface area contributed by atoms with Crippen LogP contribution in [0, 0.1) is 10.1 Å². The first kappa shape index (κ1) is 15.0. The molecule has 0 saturated heterocycles. The van der Waals surface area contributed by atoms with Gasteiger partial charge in [0, 0.05) is 42.0 Å². The second kappa shape index (κ2) is 6.39. The molecule has 0 radical (unpaired) electrons. The molecular weight excluding hydrogens is 272 g/mol. The van der Waals surface area contributed by atoms with Gasteiger partial charge in [0.25, 0.3) is 5.69 Å². The topological polar surface area (TPSA) is 83.7 Å². The minimum Gasteiger partial charge on any atom is -0.478 e. The summed E-state index contributed by atoms with van der Waals surface area (Å²) in [6.07, 6.45) is 5.63. The molecule has 0 aromatic heterocycles. The van der Waals surface area contributed by atoms with Gasteiger partial charge in [0.05, 0.1) is 4.92 Å². The number of hydrogen-bond donors (Lipinski definition) is 1. The van der Waals surface area contributed by atoms with E-state index in [2.05, 4.69) is 11.8 Å². The predicted octanol–water partition coefficient (Wildman–Crippen LogP) is 3.07. The van der Waals surface area contributed by atoms with E-state index < -0.39 is 10.9 Å². The lowest BCUT2D eigenvalue weighted by Crippen LogP contribution is -2.27. The summed E-state index contributed by atoms with van der Waals surface area (Å²) in [4.78, 5) is 23.4. The molecule has 0 heterocycles. The van der Waals surface area contributed by atoms with Crippen LogP contribution in [0.1, 0.15) is 31.7 Å². The van der Waals surface area contributed by atoms with Crippen LogP contribution in [-0.4, -0.2) is 28.6 Å². The average molecular weight is 290 g/mol. The molecule has 0 aliphatic heterocycles. The van der Waals surface area contributed by atoms with Crippen molar-refractivity contribution in [1.82, 2.24) is 0 Å². The van der Waals surface area contributed by atoms with Crippen LogP contribution in [0.15, 0.2) is 24.3 Å². The average Bonchev–Trinajstić information content (AvgIpc) is 3.26. The van der Waals surface area contributed by atoms with Crippen molar-refractivity contribution in [2.24, 2.45) is 0 Å². The number of non-ortho nitro benzene ring substituents is 1. The molecule has 1 saturated carbocycles. The highest BCUT2D eigenvalue weighted by Crippen LogP contribution is 2.35. The number of carboxylic acid groups (broad SMARTS) is 1. The van der Waals surface area contributed by atoms with E-state index in [-0.39, 0.29) is 5.69 Å². The third-order valence-corrected chi connectivity index (χ3v) is 3.39. The van der Waals surface area contributed by atoms with E-state index in [1.165, 1.54) is 18.2 Å². The van der Waals surface area contributed by atoms with Gasteiger partial charge in [-0.1, -0.05) is 6.92 Å². The van der Waals surface area contributed by atoms with Crippen molar-refractivity contribution < 1.29 is 14.8 Å². The third-order valence-electron chi connectivity index (χ3n) is 3.39. The van der Waals surface area contributed by atoms with Crippen LogP contribution in [0.4, 0.5) is 11.4 Å². The number of carbonyl (C=O) groups is 1. The molecule has 0 atom stereocenters. The Morgan fingerprint density at radius 2 is 2.24 bits per heavy atom. The van der Waals surface area contributed by atoms with Crippen LogP contribution >= 0.6 is 0 Å². The zero-order chi connectivity index (χ0) is 15.4. The van der Waals surface area contributed by atoms with Gasteiger partial charge in [-0.25, -0.2) is 4.79 Å². The smallest absolute Gasteiger partial charge is 0.328 e. The van der Waals surface area contributed by atoms with Gasteiger partial charge in [0.1, 0.15) is 0 Å². The van der Waals surface area contributed by atoms with Crippen molar-refractivity contribution >= 4 is 23.4 Å². The van der Waals surface area contributed by atoms with Crippen molar-refractivity contribution in [3.8, 4) is 0 Å². The van der Waals surface area contributed by atoms with Crippen molar-refractivity contribution in [2.45, 2.75) is 32.2 Å². The molecule has 112 valence electrons. The van der Waals surface area contributed by atoms with E-state index in [9.17, 15) is 14.9 Å². The first-order valence-electron chi connectivity index (χ1n) is 6.99. The van der Waals surface area contributed by atoms with Crippen molar-refractivity contribution in [3.63, 3.8) is 0 Å². The zero-order valence-electron chi connectivity index (χ0n) is 11.9. The van der Waals surface area contributed by atoms with Gasteiger partial charge in [-0.15, -0.1) is 0 Å². The predicted molar refractivity (Wildman–Crippen MR) is 80.4 cm³/mol. The maximum absolute atomic E-state index is 10.9. The zero-order valence-corrected chi connectivity index (χ0v) is 11.9. The highest BCUT2D eigenvalue weighted by Gasteiger charge is 2.30. The Morgan fingerprint density at radius 1 is 1.52 bits per heavy atom. The lowest BCUT2D eigenvalue weighted by atomic mass is 10.1. The highest BCUT2D eigenvalue weighted by atomic mass is 16.6. The molecule has 6 heteroatoms. The Bertz CT molecular complexity index is 579. The maximum Gasteiger partial charge on any atom is 0.328 e. The van der Waals surface area contributed by atoms with Crippen LogP contribution in [0.2, 0.25) is 0 Å². The summed E-state index contributed by atoms with van der Waals surface area (Å²) in [5.41, 5.74) is 1.41. The Kier molecular flexibility index (Phi) is 4.57. The Labute approximate surface area is 122 Å². The molecule has 6 nitrogen and oxygen atoms in total. The fourth-order valence-electron chi connectivity index (χ4n) is 2.34. The van der Waals surface area contributed by atoms with Crippen LogP contribution in [0.5, 0.6) is 0 Å². The number of hydrogen-bond acceptors (Lipinski definition) is 4. The van der Waals surface area contributed by atoms with Gasteiger partial charge in [-0.05, 0) is 31.4 Å². The van der Waals surface area contributed by atoms with Crippen LogP contribution in [0.3, 0.4) is 0 Å². The SMILES string of the molecule is CCCN(c1ccc([N+](=O)[O-])cc1/C=C/C(=O)O)C1CC1. The second-order valence-electron chi connectivity index (χ2n) is 5.10. The van der Waals surface area contributed by atoms with Gasteiger partial charge in [-0.3, -0.25) is 10.1 Å². The summed E-state index contributed by atoms with van der Waals surface area (Å²) in [6.45, 7) is 2.93. The summed E-state index contributed by atoms with van der Waals surface area (Å²) < 4.78 is 0. The Balaban J connectivity index is 2.42. The van der Waals surface area contributed by atoms with E-state index in [4.69, 9.17) is 5.11 Å². The first-order valence-corrected chi connectivity index (χ1v) is 6.99. The molecule has 1 aliphatic rings. The number of aliphatic carboxylic acids is 1. The number of carboxylic acids is 1. The van der Waals surface area contributed by atoms with Crippen molar-refractivity contribution in [1.29, 1.82) is 0 Å². The molecule has 0 unspecified atom stereocenters. The van der Waals surface area contributed by atoms with Crippen LogP contribution in [0.25, 0.3) is 6.08 Å². The lowest BCUT2D eigenvalue weighted by Gasteiger charge is -2.25. The fourth-order valence-corrected chi connectivity index (χ4v) is 2.34. The highest BCUT2D eigenvalue weighted by molar-refractivity contribution is 5.87. The Hall–Kier alpha value is -2.37. The summed E-state index contributed by atoms with van der Waals surface area (Å²) in [7, 11) is 0. The summed E-state index contributed by atoms with van der Waals surface area (Å²) in [5.74, 6) is -1.07. The number of nitrogens with zero attached hydrogens (tertiary/aromatic N) is 2. The molecule has 1 aliphatic carbocycles. The number of nitro groups is 1. The largest absolute Gasteiger partial charge is 0.478 e.